The molecule has 0 heterocycles. The van der Waals surface area contributed by atoms with Crippen molar-refractivity contribution < 1.29 is 9.53 Å². The highest BCUT2D eigenvalue weighted by molar-refractivity contribution is 5.98. The van der Waals surface area contributed by atoms with Gasteiger partial charge in [-0.2, -0.15) is 0 Å². The third kappa shape index (κ3) is 2.27. The van der Waals surface area contributed by atoms with Crippen LogP contribution < -0.4 is 15.8 Å². The van der Waals surface area contributed by atoms with Crippen molar-refractivity contribution in [2.75, 3.05) is 12.8 Å². The van der Waals surface area contributed by atoms with E-state index in [1.807, 2.05) is 0 Å². The smallest absolute Gasteiger partial charge is 0.255 e. The summed E-state index contributed by atoms with van der Waals surface area (Å²) in [6.45, 7) is 0. The first-order valence-electron chi connectivity index (χ1n) is 6.91. The Morgan fingerprint density at radius 1 is 1.37 bits per heavy atom. The fraction of sp³-hybridized carbons (Fsp3) is 0.533. The van der Waals surface area contributed by atoms with Crippen LogP contribution >= 0.6 is 0 Å². The molecule has 1 amide bonds. The zero-order valence-electron chi connectivity index (χ0n) is 11.2. The van der Waals surface area contributed by atoms with E-state index in [9.17, 15) is 4.79 Å². The number of hydrogen-bond donors (Lipinski definition) is 2. The van der Waals surface area contributed by atoms with Gasteiger partial charge in [-0.05, 0) is 49.3 Å². The van der Waals surface area contributed by atoms with Crippen molar-refractivity contribution in [1.82, 2.24) is 5.32 Å². The van der Waals surface area contributed by atoms with Gasteiger partial charge in [0.15, 0.2) is 0 Å². The first-order chi connectivity index (χ1) is 9.17. The summed E-state index contributed by atoms with van der Waals surface area (Å²) < 4.78 is 5.23. The summed E-state index contributed by atoms with van der Waals surface area (Å²) in [4.78, 5) is 12.4. The second-order valence-corrected chi connectivity index (χ2v) is 5.71. The van der Waals surface area contributed by atoms with Gasteiger partial charge >= 0.3 is 0 Å². The minimum absolute atomic E-state index is 0.0679. The fourth-order valence-corrected chi connectivity index (χ4v) is 3.57. The molecule has 4 nitrogen and oxygen atoms in total. The van der Waals surface area contributed by atoms with Gasteiger partial charge in [-0.25, -0.2) is 0 Å². The molecule has 0 saturated heterocycles. The number of carbonyl (C=O) groups is 1. The Morgan fingerprint density at radius 2 is 2.21 bits per heavy atom. The number of nitrogen functional groups attached to an aromatic ring is 1. The lowest BCUT2D eigenvalue weighted by Crippen LogP contribution is -2.38. The molecule has 0 spiro atoms. The van der Waals surface area contributed by atoms with Crippen LogP contribution in [0.25, 0.3) is 0 Å². The molecule has 102 valence electrons. The number of nitrogens with two attached hydrogens (primary N) is 1. The van der Waals surface area contributed by atoms with Gasteiger partial charge in [0.1, 0.15) is 5.75 Å². The molecule has 2 bridgehead atoms. The minimum atomic E-state index is -0.0679. The van der Waals surface area contributed by atoms with Crippen LogP contribution in [0.15, 0.2) is 18.2 Å². The van der Waals surface area contributed by atoms with E-state index in [1.165, 1.54) is 19.3 Å². The molecule has 0 radical (unpaired) electrons. The van der Waals surface area contributed by atoms with Gasteiger partial charge in [0.25, 0.3) is 5.91 Å². The number of methoxy groups -OCH3 is 1. The Bertz CT molecular complexity index is 501. The predicted octanol–water partition coefficient (Wildman–Crippen LogP) is 2.20. The fourth-order valence-electron chi connectivity index (χ4n) is 3.57. The zero-order chi connectivity index (χ0) is 13.4. The molecule has 4 heteroatoms. The van der Waals surface area contributed by atoms with Gasteiger partial charge in [0.2, 0.25) is 0 Å². The van der Waals surface area contributed by atoms with Gasteiger partial charge in [0.05, 0.1) is 12.7 Å². The van der Waals surface area contributed by atoms with E-state index in [-0.39, 0.29) is 5.91 Å². The van der Waals surface area contributed by atoms with Crippen LogP contribution in [0.1, 0.15) is 36.0 Å². The Labute approximate surface area is 113 Å². The van der Waals surface area contributed by atoms with Crippen LogP contribution in [0.5, 0.6) is 5.75 Å². The van der Waals surface area contributed by atoms with Gasteiger partial charge in [-0.15, -0.1) is 0 Å². The molecule has 2 saturated carbocycles. The quantitative estimate of drug-likeness (QED) is 0.819. The average molecular weight is 260 g/mol. The normalized spacial score (nSPS) is 28.4. The molecule has 1 aromatic carbocycles. The molecule has 19 heavy (non-hydrogen) atoms. The van der Waals surface area contributed by atoms with E-state index in [0.29, 0.717) is 29.0 Å². The Kier molecular flexibility index (Phi) is 3.09. The van der Waals surface area contributed by atoms with Crippen LogP contribution in [0.4, 0.5) is 5.69 Å². The van der Waals surface area contributed by atoms with E-state index in [4.69, 9.17) is 10.5 Å². The molecule has 3 atom stereocenters. The summed E-state index contributed by atoms with van der Waals surface area (Å²) in [5, 5.41) is 3.15. The molecular formula is C15H20N2O2. The molecule has 3 rings (SSSR count). The first-order valence-corrected chi connectivity index (χ1v) is 6.91. The van der Waals surface area contributed by atoms with E-state index in [2.05, 4.69) is 5.32 Å². The maximum absolute atomic E-state index is 12.4. The lowest BCUT2D eigenvalue weighted by Gasteiger charge is -2.23. The highest BCUT2D eigenvalue weighted by Crippen LogP contribution is 2.44. The topological polar surface area (TPSA) is 64.3 Å². The summed E-state index contributed by atoms with van der Waals surface area (Å²) >= 11 is 0. The van der Waals surface area contributed by atoms with Crippen LogP contribution in [-0.2, 0) is 0 Å². The zero-order valence-corrected chi connectivity index (χ0v) is 11.2. The van der Waals surface area contributed by atoms with Gasteiger partial charge < -0.3 is 15.8 Å². The molecule has 0 aromatic heterocycles. The molecule has 0 aliphatic heterocycles. The Morgan fingerprint density at radius 3 is 2.84 bits per heavy atom. The van der Waals surface area contributed by atoms with E-state index in [0.717, 1.165) is 12.3 Å². The molecule has 3 N–H and O–H groups in total. The molecule has 1 aromatic rings. The number of fused-ring (bicyclic) bond motifs is 2. The van der Waals surface area contributed by atoms with Crippen LogP contribution in [0, 0.1) is 11.8 Å². The summed E-state index contributed by atoms with van der Waals surface area (Å²) in [6, 6.07) is 5.50. The van der Waals surface area contributed by atoms with Gasteiger partial charge in [0, 0.05) is 11.7 Å². The SMILES string of the molecule is COc1ccc(N)cc1C(=O)NC1CC2CCC1C2. The van der Waals surface area contributed by atoms with Crippen molar-refractivity contribution in [1.29, 1.82) is 0 Å². The first kappa shape index (κ1) is 12.3. The van der Waals surface area contributed by atoms with Crippen molar-refractivity contribution in [3.05, 3.63) is 23.8 Å². The monoisotopic (exact) mass is 260 g/mol. The highest BCUT2D eigenvalue weighted by atomic mass is 16.5. The lowest BCUT2D eigenvalue weighted by molar-refractivity contribution is 0.0920. The van der Waals surface area contributed by atoms with Crippen molar-refractivity contribution in [3.8, 4) is 5.75 Å². The number of benzene rings is 1. The molecular weight excluding hydrogens is 240 g/mol. The number of ether oxygens (including phenoxy) is 1. The lowest BCUT2D eigenvalue weighted by atomic mass is 9.95. The third-order valence-electron chi connectivity index (χ3n) is 4.52. The molecule has 2 aliphatic rings. The largest absolute Gasteiger partial charge is 0.496 e. The third-order valence-corrected chi connectivity index (χ3v) is 4.52. The standard InChI is InChI=1S/C15H20N2O2/c1-19-14-5-4-11(16)8-12(14)15(18)17-13-7-9-2-3-10(13)6-9/h4-5,8-10,13H,2-3,6-7,16H2,1H3,(H,17,18). The van der Waals surface area contributed by atoms with Gasteiger partial charge in [-0.3, -0.25) is 4.79 Å². The van der Waals surface area contributed by atoms with Crippen molar-refractivity contribution in [3.63, 3.8) is 0 Å². The number of anilines is 1. The number of nitrogens with one attached hydrogen (secondary N) is 1. The number of amides is 1. The average Bonchev–Trinajstić information content (AvgIpc) is 3.01. The van der Waals surface area contributed by atoms with E-state index >= 15 is 0 Å². The number of carbonyl (C=O) groups excluding carboxylic acids is 1. The Balaban J connectivity index is 1.75. The van der Waals surface area contributed by atoms with Crippen LogP contribution in [0.3, 0.4) is 0 Å². The minimum Gasteiger partial charge on any atom is -0.496 e. The summed E-state index contributed by atoms with van der Waals surface area (Å²) in [5.74, 6) is 2.00. The second kappa shape index (κ2) is 4.76. The van der Waals surface area contributed by atoms with E-state index in [1.54, 1.807) is 25.3 Å². The van der Waals surface area contributed by atoms with Gasteiger partial charge in [-0.1, -0.05) is 6.42 Å². The van der Waals surface area contributed by atoms with Crippen molar-refractivity contribution in [2.45, 2.75) is 31.7 Å². The van der Waals surface area contributed by atoms with Crippen molar-refractivity contribution in [2.24, 2.45) is 11.8 Å². The molecule has 2 fully saturated rings. The van der Waals surface area contributed by atoms with E-state index < -0.39 is 0 Å². The van der Waals surface area contributed by atoms with Crippen LogP contribution in [-0.4, -0.2) is 19.1 Å². The number of rotatable bonds is 3. The second-order valence-electron chi connectivity index (χ2n) is 5.71. The highest BCUT2D eigenvalue weighted by Gasteiger charge is 2.40. The summed E-state index contributed by atoms with van der Waals surface area (Å²) in [6.07, 6.45) is 4.99. The predicted molar refractivity (Wildman–Crippen MR) is 74.1 cm³/mol. The molecule has 2 aliphatic carbocycles. The van der Waals surface area contributed by atoms with Crippen molar-refractivity contribution >= 4 is 11.6 Å². The van der Waals surface area contributed by atoms with Crippen LogP contribution in [0.2, 0.25) is 0 Å². The molecule has 3 unspecified atom stereocenters. The maximum atomic E-state index is 12.4. The summed E-state index contributed by atoms with van der Waals surface area (Å²) in [5.41, 5.74) is 6.87. The Hall–Kier alpha value is -1.71. The number of hydrogen-bond acceptors (Lipinski definition) is 3. The maximum Gasteiger partial charge on any atom is 0.255 e. The summed E-state index contributed by atoms with van der Waals surface area (Å²) in [7, 11) is 1.57.